The van der Waals surface area contributed by atoms with Crippen molar-refractivity contribution in [3.63, 3.8) is 0 Å². The SMILES string of the molecule is C=C.[CH-]=CC(C)=CCC.[Cl-].[Cl-].[Zr+4].c1cc[cH-]c1. The molecule has 0 aliphatic heterocycles. The van der Waals surface area contributed by atoms with Crippen molar-refractivity contribution in [2.75, 3.05) is 0 Å². The first kappa shape index (κ1) is 30.2. The van der Waals surface area contributed by atoms with Crippen LogP contribution in [0.5, 0.6) is 0 Å². The average molecular weight is 350 g/mol. The zero-order valence-corrected chi connectivity index (χ0v) is 14.5. The van der Waals surface area contributed by atoms with Crippen molar-refractivity contribution in [1.82, 2.24) is 0 Å². The van der Waals surface area contributed by atoms with E-state index in [0.29, 0.717) is 0 Å². The second kappa shape index (κ2) is 29.8. The summed E-state index contributed by atoms with van der Waals surface area (Å²) < 4.78 is 0. The molecule has 0 aromatic heterocycles. The van der Waals surface area contributed by atoms with E-state index in [1.807, 2.05) is 37.3 Å². The Bertz CT molecular complexity index is 211. The maximum Gasteiger partial charge on any atom is 4.00 e. The minimum absolute atomic E-state index is 0. The third kappa shape index (κ3) is 31.4. The number of hydrogen-bond donors (Lipinski definition) is 0. The predicted octanol–water partition coefficient (Wildman–Crippen LogP) is -1.45. The number of rotatable bonds is 2. The Balaban J connectivity index is -0.0000000433. The minimum atomic E-state index is 0. The standard InChI is InChI=1S/C7H11.C5H5.C2H4.2ClH.Zr/c1-4-6-7(3)5-2;1-2-4-5-3-1;1-2;;;/h2,5-6H,4H2,1,3H3;1-5H;1-2H2;2*1H;/q2*-1;;;;+4/p-2. The maximum atomic E-state index is 5.16. The quantitative estimate of drug-likeness (QED) is 0.348. The van der Waals surface area contributed by atoms with Crippen LogP contribution in [0.4, 0.5) is 0 Å². The fourth-order valence-electron chi connectivity index (χ4n) is 0.711. The van der Waals surface area contributed by atoms with Gasteiger partial charge in [0.15, 0.2) is 0 Å². The van der Waals surface area contributed by atoms with Crippen molar-refractivity contribution >= 4 is 0 Å². The normalized spacial score (nSPS) is 7.29. The van der Waals surface area contributed by atoms with Gasteiger partial charge in [-0.15, -0.1) is 20.1 Å². The molecular formula is C14H20Cl2Zr. The maximum absolute atomic E-state index is 5.16. The van der Waals surface area contributed by atoms with Gasteiger partial charge < -0.3 is 24.8 Å². The van der Waals surface area contributed by atoms with Crippen LogP contribution in [-0.2, 0) is 26.2 Å². The van der Waals surface area contributed by atoms with Gasteiger partial charge >= 0.3 is 26.2 Å². The topological polar surface area (TPSA) is 0 Å². The smallest absolute Gasteiger partial charge is 1.00 e. The van der Waals surface area contributed by atoms with E-state index in [9.17, 15) is 0 Å². The van der Waals surface area contributed by atoms with Crippen LogP contribution in [0.2, 0.25) is 0 Å². The second-order valence-corrected chi connectivity index (χ2v) is 2.49. The van der Waals surface area contributed by atoms with E-state index >= 15 is 0 Å². The minimum Gasteiger partial charge on any atom is -1.00 e. The largest absolute Gasteiger partial charge is 4.00 e. The molecule has 0 heterocycles. The van der Waals surface area contributed by atoms with E-state index < -0.39 is 0 Å². The van der Waals surface area contributed by atoms with Gasteiger partial charge in [0.2, 0.25) is 0 Å². The first-order valence-electron chi connectivity index (χ1n) is 4.69. The molecule has 0 nitrogen and oxygen atoms in total. The summed E-state index contributed by atoms with van der Waals surface area (Å²) in [5.74, 6) is 0. The van der Waals surface area contributed by atoms with E-state index in [4.69, 9.17) is 6.58 Å². The summed E-state index contributed by atoms with van der Waals surface area (Å²) in [6.07, 6.45) is 4.77. The summed E-state index contributed by atoms with van der Waals surface area (Å²) in [6, 6.07) is 10.0. The van der Waals surface area contributed by atoms with Crippen LogP contribution in [0.1, 0.15) is 20.3 Å². The summed E-state index contributed by atoms with van der Waals surface area (Å²) >= 11 is 0. The summed E-state index contributed by atoms with van der Waals surface area (Å²) in [5, 5.41) is 0. The van der Waals surface area contributed by atoms with Gasteiger partial charge in [0.05, 0.1) is 0 Å². The van der Waals surface area contributed by atoms with Crippen molar-refractivity contribution in [2.45, 2.75) is 20.3 Å². The van der Waals surface area contributed by atoms with Crippen LogP contribution in [0.25, 0.3) is 0 Å². The Morgan fingerprint density at radius 1 is 1.24 bits per heavy atom. The van der Waals surface area contributed by atoms with Crippen LogP contribution in [0.3, 0.4) is 0 Å². The fraction of sp³-hybridized carbons (Fsp3) is 0.214. The molecule has 0 atom stereocenters. The van der Waals surface area contributed by atoms with Crippen molar-refractivity contribution in [1.29, 1.82) is 0 Å². The molecule has 1 aromatic rings. The molecule has 0 fully saturated rings. The molecule has 0 spiro atoms. The van der Waals surface area contributed by atoms with Gasteiger partial charge in [-0.25, -0.2) is 23.8 Å². The van der Waals surface area contributed by atoms with Gasteiger partial charge in [0.25, 0.3) is 0 Å². The molecule has 0 unspecified atom stereocenters. The molecule has 0 N–H and O–H groups in total. The molecule has 1 aromatic carbocycles. The molecular weight excluding hydrogens is 330 g/mol. The van der Waals surface area contributed by atoms with Crippen molar-refractivity contribution < 1.29 is 51.0 Å². The predicted molar refractivity (Wildman–Crippen MR) is 66.2 cm³/mol. The fourth-order valence-corrected chi connectivity index (χ4v) is 0.711. The molecule has 0 saturated carbocycles. The monoisotopic (exact) mass is 348 g/mol. The molecule has 0 aliphatic carbocycles. The molecule has 0 aliphatic rings. The number of hydrogen-bond acceptors (Lipinski definition) is 0. The van der Waals surface area contributed by atoms with Crippen LogP contribution in [0.15, 0.2) is 61.2 Å². The van der Waals surface area contributed by atoms with Gasteiger partial charge in [0, 0.05) is 0 Å². The Morgan fingerprint density at radius 3 is 1.76 bits per heavy atom. The Kier molecular flexibility index (Phi) is 52.9. The summed E-state index contributed by atoms with van der Waals surface area (Å²) in [7, 11) is 0. The third-order valence-corrected chi connectivity index (χ3v) is 1.34. The van der Waals surface area contributed by atoms with E-state index in [0.717, 1.165) is 12.0 Å². The Labute approximate surface area is 138 Å². The van der Waals surface area contributed by atoms with Crippen LogP contribution in [0, 0.1) is 6.58 Å². The third-order valence-electron chi connectivity index (χ3n) is 1.34. The molecule has 0 radical (unpaired) electrons. The van der Waals surface area contributed by atoms with E-state index in [2.05, 4.69) is 26.2 Å². The molecule has 0 amide bonds. The van der Waals surface area contributed by atoms with Gasteiger partial charge in [0.1, 0.15) is 0 Å². The summed E-state index contributed by atoms with van der Waals surface area (Å²) in [5.41, 5.74) is 1.16. The molecule has 1 rings (SSSR count). The van der Waals surface area contributed by atoms with E-state index in [1.165, 1.54) is 0 Å². The number of halogens is 2. The van der Waals surface area contributed by atoms with Crippen molar-refractivity contribution in [3.8, 4) is 0 Å². The number of allylic oxidation sites excluding steroid dienone is 3. The Hall–Kier alpha value is 0.0331. The molecule has 17 heavy (non-hydrogen) atoms. The Morgan fingerprint density at radius 2 is 1.65 bits per heavy atom. The first-order valence-corrected chi connectivity index (χ1v) is 4.69. The van der Waals surface area contributed by atoms with Gasteiger partial charge in [-0.05, 0) is 0 Å². The summed E-state index contributed by atoms with van der Waals surface area (Å²) in [4.78, 5) is 0. The first-order chi connectivity index (χ1) is 6.81. The zero-order valence-electron chi connectivity index (χ0n) is 10.5. The molecule has 3 heteroatoms. The van der Waals surface area contributed by atoms with Crippen molar-refractivity contribution in [3.05, 3.63) is 67.8 Å². The molecule has 0 bridgehead atoms. The zero-order chi connectivity index (χ0) is 11.2. The summed E-state index contributed by atoms with van der Waals surface area (Å²) in [6.45, 7) is 15.2. The van der Waals surface area contributed by atoms with Gasteiger partial charge in [-0.3, -0.25) is 6.58 Å². The van der Waals surface area contributed by atoms with Gasteiger partial charge in [-0.2, -0.15) is 24.3 Å². The van der Waals surface area contributed by atoms with E-state index in [-0.39, 0.29) is 51.0 Å². The average Bonchev–Trinajstić information content (AvgIpc) is 2.79. The van der Waals surface area contributed by atoms with Gasteiger partial charge in [-0.1, -0.05) is 13.3 Å². The van der Waals surface area contributed by atoms with Crippen molar-refractivity contribution in [2.24, 2.45) is 0 Å². The second-order valence-electron chi connectivity index (χ2n) is 2.49. The van der Waals surface area contributed by atoms with E-state index in [1.54, 1.807) is 6.08 Å². The van der Waals surface area contributed by atoms with Crippen LogP contribution < -0.4 is 24.8 Å². The molecule has 94 valence electrons. The van der Waals surface area contributed by atoms with Crippen LogP contribution in [-0.4, -0.2) is 0 Å². The molecule has 0 saturated heterocycles. The van der Waals surface area contributed by atoms with Crippen LogP contribution >= 0.6 is 0 Å².